The van der Waals surface area contributed by atoms with Gasteiger partial charge in [0.05, 0.1) is 6.54 Å². The highest BCUT2D eigenvalue weighted by Crippen LogP contribution is 2.18. The number of pyridine rings is 1. The van der Waals surface area contributed by atoms with Crippen molar-refractivity contribution in [3.05, 3.63) is 24.4 Å². The smallest absolute Gasteiger partial charge is 0.260 e. The maximum absolute atomic E-state index is 12.9. The highest BCUT2D eigenvalue weighted by Gasteiger charge is 2.32. The van der Waals surface area contributed by atoms with E-state index in [1.54, 1.807) is 17.0 Å². The van der Waals surface area contributed by atoms with Gasteiger partial charge in [-0.3, -0.25) is 4.90 Å². The molecule has 2 heterocycles. The van der Waals surface area contributed by atoms with Gasteiger partial charge in [0.1, 0.15) is 0 Å². The summed E-state index contributed by atoms with van der Waals surface area (Å²) in [6.45, 7) is 1.53. The molecule has 2 rings (SSSR count). The summed E-state index contributed by atoms with van der Waals surface area (Å²) in [6, 6.07) is 4.68. The fourth-order valence-electron chi connectivity index (χ4n) is 2.15. The van der Waals surface area contributed by atoms with E-state index in [1.807, 2.05) is 0 Å². The van der Waals surface area contributed by atoms with Crippen LogP contribution in [-0.2, 0) is 10.0 Å². The van der Waals surface area contributed by atoms with Gasteiger partial charge in [-0.25, -0.2) is 22.2 Å². The minimum atomic E-state index is -3.62. The van der Waals surface area contributed by atoms with Crippen molar-refractivity contribution in [2.24, 2.45) is 0 Å². The van der Waals surface area contributed by atoms with Gasteiger partial charge >= 0.3 is 0 Å². The van der Waals surface area contributed by atoms with E-state index in [0.29, 0.717) is 13.1 Å². The molecule has 0 unspecified atom stereocenters. The second kappa shape index (κ2) is 5.71. The van der Waals surface area contributed by atoms with Crippen molar-refractivity contribution in [2.45, 2.75) is 17.9 Å². The number of piperazine rings is 1. The SMILES string of the molecule is CC(F)(F)CN1CCN(S(=O)(=O)c2ccccn2)CC1. The Kier molecular flexibility index (Phi) is 4.36. The van der Waals surface area contributed by atoms with Crippen molar-refractivity contribution >= 4 is 10.0 Å². The van der Waals surface area contributed by atoms with Crippen LogP contribution in [0.3, 0.4) is 0 Å². The molecule has 1 aromatic rings. The average molecular weight is 305 g/mol. The lowest BCUT2D eigenvalue weighted by molar-refractivity contribution is -0.0208. The molecule has 0 bridgehead atoms. The van der Waals surface area contributed by atoms with E-state index >= 15 is 0 Å². The number of sulfonamides is 1. The number of hydrogen-bond acceptors (Lipinski definition) is 4. The highest BCUT2D eigenvalue weighted by atomic mass is 32.2. The van der Waals surface area contributed by atoms with Gasteiger partial charge in [-0.1, -0.05) is 6.07 Å². The minimum Gasteiger partial charge on any atom is -0.295 e. The fourth-order valence-corrected chi connectivity index (χ4v) is 3.51. The van der Waals surface area contributed by atoms with Crippen LogP contribution >= 0.6 is 0 Å². The van der Waals surface area contributed by atoms with Crippen molar-refractivity contribution in [3.8, 4) is 0 Å². The first-order valence-electron chi connectivity index (χ1n) is 6.30. The van der Waals surface area contributed by atoms with Gasteiger partial charge < -0.3 is 0 Å². The monoisotopic (exact) mass is 305 g/mol. The molecule has 1 aliphatic rings. The third-order valence-electron chi connectivity index (χ3n) is 3.07. The quantitative estimate of drug-likeness (QED) is 0.834. The van der Waals surface area contributed by atoms with Crippen LogP contribution in [0.2, 0.25) is 0 Å². The van der Waals surface area contributed by atoms with Crippen LogP contribution in [0.25, 0.3) is 0 Å². The number of halogens is 2. The zero-order valence-electron chi connectivity index (χ0n) is 11.2. The van der Waals surface area contributed by atoms with Crippen molar-refractivity contribution in [3.63, 3.8) is 0 Å². The summed E-state index contributed by atoms with van der Waals surface area (Å²) >= 11 is 0. The lowest BCUT2D eigenvalue weighted by Crippen LogP contribution is -2.51. The molecule has 0 spiro atoms. The minimum absolute atomic E-state index is 0.00530. The van der Waals surface area contributed by atoms with E-state index < -0.39 is 15.9 Å². The normalized spacial score (nSPS) is 19.1. The molecule has 0 aromatic carbocycles. The van der Waals surface area contributed by atoms with Gasteiger partial charge in [0.2, 0.25) is 0 Å². The molecule has 112 valence electrons. The second-order valence-corrected chi connectivity index (χ2v) is 6.80. The first kappa shape index (κ1) is 15.3. The average Bonchev–Trinajstić information content (AvgIpc) is 2.38. The van der Waals surface area contributed by atoms with E-state index in [-0.39, 0.29) is 24.7 Å². The molecule has 20 heavy (non-hydrogen) atoms. The number of alkyl halides is 2. The zero-order chi connectivity index (χ0) is 14.8. The molecule has 0 amide bonds. The number of aromatic nitrogens is 1. The Morgan fingerprint density at radius 2 is 1.90 bits per heavy atom. The molecule has 0 aliphatic carbocycles. The number of rotatable bonds is 4. The predicted octanol–water partition coefficient (Wildman–Crippen LogP) is 1.04. The molecular weight excluding hydrogens is 288 g/mol. The second-order valence-electron chi connectivity index (χ2n) is 4.92. The summed E-state index contributed by atoms with van der Waals surface area (Å²) in [5, 5.41) is -0.00530. The van der Waals surface area contributed by atoms with Gasteiger partial charge in [0.25, 0.3) is 15.9 Å². The number of nitrogens with zero attached hydrogens (tertiary/aromatic N) is 3. The van der Waals surface area contributed by atoms with Crippen molar-refractivity contribution in [2.75, 3.05) is 32.7 Å². The largest absolute Gasteiger partial charge is 0.295 e. The lowest BCUT2D eigenvalue weighted by atomic mass is 10.3. The Bertz CT molecular complexity index is 538. The Hall–Kier alpha value is -1.12. The molecule has 8 heteroatoms. The summed E-state index contributed by atoms with van der Waals surface area (Å²) < 4.78 is 51.7. The van der Waals surface area contributed by atoms with Gasteiger partial charge in [-0.2, -0.15) is 4.31 Å². The van der Waals surface area contributed by atoms with Crippen LogP contribution in [0, 0.1) is 0 Å². The maximum atomic E-state index is 12.9. The Labute approximate surface area is 117 Å². The molecule has 0 saturated carbocycles. The molecule has 5 nitrogen and oxygen atoms in total. The van der Waals surface area contributed by atoms with Crippen molar-refractivity contribution in [1.29, 1.82) is 0 Å². The molecule has 0 radical (unpaired) electrons. The summed E-state index contributed by atoms with van der Waals surface area (Å²) in [4.78, 5) is 5.41. The summed E-state index contributed by atoms with van der Waals surface area (Å²) in [5.74, 6) is -2.76. The molecular formula is C12H17F2N3O2S. The summed E-state index contributed by atoms with van der Waals surface area (Å²) in [6.07, 6.45) is 1.42. The molecule has 1 saturated heterocycles. The highest BCUT2D eigenvalue weighted by molar-refractivity contribution is 7.89. The van der Waals surface area contributed by atoms with Crippen LogP contribution in [0.1, 0.15) is 6.92 Å². The van der Waals surface area contributed by atoms with Gasteiger partial charge in [-0.05, 0) is 12.1 Å². The molecule has 1 fully saturated rings. The van der Waals surface area contributed by atoms with E-state index in [9.17, 15) is 17.2 Å². The zero-order valence-corrected chi connectivity index (χ0v) is 12.0. The molecule has 1 aliphatic heterocycles. The first-order valence-corrected chi connectivity index (χ1v) is 7.74. The van der Waals surface area contributed by atoms with Crippen molar-refractivity contribution < 1.29 is 17.2 Å². The molecule has 1 aromatic heterocycles. The number of hydrogen-bond donors (Lipinski definition) is 0. The third kappa shape index (κ3) is 3.71. The maximum Gasteiger partial charge on any atom is 0.260 e. The fraction of sp³-hybridized carbons (Fsp3) is 0.583. The van der Waals surface area contributed by atoms with Crippen LogP contribution in [0.4, 0.5) is 8.78 Å². The lowest BCUT2D eigenvalue weighted by Gasteiger charge is -2.34. The Morgan fingerprint density at radius 3 is 2.40 bits per heavy atom. The van der Waals surface area contributed by atoms with Gasteiger partial charge in [-0.15, -0.1) is 0 Å². The Balaban J connectivity index is 2.01. The Morgan fingerprint density at radius 1 is 1.25 bits per heavy atom. The van der Waals surface area contributed by atoms with E-state index in [0.717, 1.165) is 6.92 Å². The standard InChI is InChI=1S/C12H17F2N3O2S/c1-12(13,14)10-16-6-8-17(9-7-16)20(18,19)11-4-2-3-5-15-11/h2-5H,6-10H2,1H3. The van der Waals surface area contributed by atoms with Gasteiger partial charge in [0.15, 0.2) is 5.03 Å². The van der Waals surface area contributed by atoms with Crippen LogP contribution in [0.15, 0.2) is 29.4 Å². The predicted molar refractivity (Wildman–Crippen MR) is 70.1 cm³/mol. The van der Waals surface area contributed by atoms with Crippen LogP contribution in [0.5, 0.6) is 0 Å². The van der Waals surface area contributed by atoms with Crippen LogP contribution < -0.4 is 0 Å². The van der Waals surface area contributed by atoms with E-state index in [1.165, 1.54) is 16.6 Å². The third-order valence-corrected chi connectivity index (χ3v) is 4.89. The van der Waals surface area contributed by atoms with Crippen LogP contribution in [-0.4, -0.2) is 61.3 Å². The molecule has 0 atom stereocenters. The van der Waals surface area contributed by atoms with Gasteiger partial charge in [0, 0.05) is 39.3 Å². The molecule has 0 N–H and O–H groups in total. The van der Waals surface area contributed by atoms with Crippen molar-refractivity contribution in [1.82, 2.24) is 14.2 Å². The summed E-state index contributed by atoms with van der Waals surface area (Å²) in [5.41, 5.74) is 0. The van der Waals surface area contributed by atoms with E-state index in [4.69, 9.17) is 0 Å². The topological polar surface area (TPSA) is 53.5 Å². The first-order chi connectivity index (χ1) is 9.29. The summed E-state index contributed by atoms with van der Waals surface area (Å²) in [7, 11) is -3.62. The van der Waals surface area contributed by atoms with E-state index in [2.05, 4.69) is 4.98 Å².